The number of nitrogens with two attached hydrogens (primary N) is 1. The van der Waals surface area contributed by atoms with Crippen molar-refractivity contribution in [1.29, 1.82) is 0 Å². The third kappa shape index (κ3) is 3.32. The molecule has 2 unspecified atom stereocenters. The highest BCUT2D eigenvalue weighted by Crippen LogP contribution is 2.20. The van der Waals surface area contributed by atoms with Crippen LogP contribution in [-0.2, 0) is 16.1 Å². The van der Waals surface area contributed by atoms with E-state index in [2.05, 4.69) is 10.3 Å². The van der Waals surface area contributed by atoms with Gasteiger partial charge in [0.15, 0.2) is 0 Å². The molecule has 0 spiro atoms. The van der Waals surface area contributed by atoms with Crippen LogP contribution in [0.5, 0.6) is 0 Å². The molecule has 0 saturated carbocycles. The lowest BCUT2D eigenvalue weighted by Crippen LogP contribution is -2.39. The Balaban J connectivity index is 1.75. The molecule has 0 radical (unpaired) electrons. The van der Waals surface area contributed by atoms with Crippen molar-refractivity contribution in [3.63, 3.8) is 0 Å². The fourth-order valence-corrected chi connectivity index (χ4v) is 2.23. The van der Waals surface area contributed by atoms with Crippen LogP contribution in [0.3, 0.4) is 0 Å². The van der Waals surface area contributed by atoms with Gasteiger partial charge in [-0.3, -0.25) is 15.1 Å². The Kier molecular flexibility index (Phi) is 4.35. The average Bonchev–Trinajstić information content (AvgIpc) is 2.99. The van der Waals surface area contributed by atoms with Gasteiger partial charge >= 0.3 is 0 Å². The Morgan fingerprint density at radius 1 is 1.61 bits per heavy atom. The number of amides is 1. The van der Waals surface area contributed by atoms with Gasteiger partial charge in [0.25, 0.3) is 5.91 Å². The maximum atomic E-state index is 11.3. The van der Waals surface area contributed by atoms with E-state index in [1.165, 1.54) is 0 Å². The molecule has 18 heavy (non-hydrogen) atoms. The summed E-state index contributed by atoms with van der Waals surface area (Å²) in [5, 5.41) is 0. The molecule has 2 rings (SSSR count). The van der Waals surface area contributed by atoms with E-state index in [0.29, 0.717) is 0 Å². The summed E-state index contributed by atoms with van der Waals surface area (Å²) in [7, 11) is 2.02. The summed E-state index contributed by atoms with van der Waals surface area (Å²) in [5.74, 6) is 4.85. The normalized spacial score (nSPS) is 23.5. The number of carbonyl (C=O) groups excluding carboxylic acids is 1. The lowest BCUT2D eigenvalue weighted by molar-refractivity contribution is -0.132. The minimum Gasteiger partial charge on any atom is -0.472 e. The first-order valence-electron chi connectivity index (χ1n) is 6.04. The van der Waals surface area contributed by atoms with Crippen molar-refractivity contribution in [1.82, 2.24) is 10.3 Å². The summed E-state index contributed by atoms with van der Waals surface area (Å²) in [6, 6.07) is 1.94. The summed E-state index contributed by atoms with van der Waals surface area (Å²) in [4.78, 5) is 13.5. The molecule has 100 valence electrons. The molecular weight excluding hydrogens is 234 g/mol. The summed E-state index contributed by atoms with van der Waals surface area (Å²) in [6.45, 7) is 1.60. The zero-order valence-electron chi connectivity index (χ0n) is 10.5. The lowest BCUT2D eigenvalue weighted by Gasteiger charge is -2.20. The van der Waals surface area contributed by atoms with Gasteiger partial charge in [-0.1, -0.05) is 0 Å². The summed E-state index contributed by atoms with van der Waals surface area (Å²) in [5.41, 5.74) is 3.26. The standard InChI is InChI=1S/C12H19N3O3/c1-15(6-9-4-5-17-8-9)7-10-2-3-11(18-10)12(16)14-13/h4-5,8,10-11H,2-3,6-7,13H2,1H3,(H,14,16). The Morgan fingerprint density at radius 2 is 2.44 bits per heavy atom. The maximum Gasteiger partial charge on any atom is 0.263 e. The second-order valence-electron chi connectivity index (χ2n) is 4.66. The number of ether oxygens (including phenoxy) is 1. The van der Waals surface area contributed by atoms with Gasteiger partial charge in [0, 0.05) is 18.7 Å². The molecule has 1 aliphatic rings. The number of hydrogen-bond donors (Lipinski definition) is 2. The van der Waals surface area contributed by atoms with Crippen molar-refractivity contribution in [3.05, 3.63) is 24.2 Å². The van der Waals surface area contributed by atoms with Crippen molar-refractivity contribution < 1.29 is 13.9 Å². The number of furan rings is 1. The van der Waals surface area contributed by atoms with Crippen LogP contribution in [0.1, 0.15) is 18.4 Å². The number of carbonyl (C=O) groups is 1. The third-order valence-electron chi connectivity index (χ3n) is 3.09. The number of nitrogens with one attached hydrogen (secondary N) is 1. The highest BCUT2D eigenvalue weighted by molar-refractivity contribution is 5.80. The molecule has 2 atom stereocenters. The molecule has 1 amide bonds. The van der Waals surface area contributed by atoms with Crippen molar-refractivity contribution in [2.45, 2.75) is 31.6 Å². The fourth-order valence-electron chi connectivity index (χ4n) is 2.23. The van der Waals surface area contributed by atoms with Crippen LogP contribution in [0.25, 0.3) is 0 Å². The molecule has 1 aromatic heterocycles. The van der Waals surface area contributed by atoms with Crippen LogP contribution >= 0.6 is 0 Å². The SMILES string of the molecule is CN(Cc1ccoc1)CC1CCC(C(=O)NN)O1. The molecule has 0 aliphatic carbocycles. The Morgan fingerprint density at radius 3 is 3.11 bits per heavy atom. The van der Waals surface area contributed by atoms with E-state index < -0.39 is 6.10 Å². The van der Waals surface area contributed by atoms with E-state index in [-0.39, 0.29) is 12.0 Å². The van der Waals surface area contributed by atoms with Gasteiger partial charge in [-0.25, -0.2) is 5.84 Å². The number of hydrazine groups is 1. The number of hydrogen-bond acceptors (Lipinski definition) is 5. The van der Waals surface area contributed by atoms with Crippen LogP contribution in [0.4, 0.5) is 0 Å². The van der Waals surface area contributed by atoms with Crippen LogP contribution < -0.4 is 11.3 Å². The fraction of sp³-hybridized carbons (Fsp3) is 0.583. The number of nitrogens with zero attached hydrogens (tertiary/aromatic N) is 1. The number of likely N-dealkylation sites (N-methyl/N-ethyl adjacent to an activating group) is 1. The Bertz CT molecular complexity index is 380. The van der Waals surface area contributed by atoms with Gasteiger partial charge in [-0.15, -0.1) is 0 Å². The largest absolute Gasteiger partial charge is 0.472 e. The quantitative estimate of drug-likeness (QED) is 0.446. The molecule has 1 saturated heterocycles. The predicted octanol–water partition coefficient (Wildman–Crippen LogP) is 0.249. The molecule has 1 fully saturated rings. The van der Waals surface area contributed by atoms with E-state index in [0.717, 1.165) is 31.5 Å². The molecule has 6 heteroatoms. The topological polar surface area (TPSA) is 80.7 Å². The maximum absolute atomic E-state index is 11.3. The molecule has 1 aliphatic heterocycles. The van der Waals surface area contributed by atoms with Crippen LogP contribution in [0.15, 0.2) is 23.0 Å². The van der Waals surface area contributed by atoms with Gasteiger partial charge in [0.1, 0.15) is 6.10 Å². The second-order valence-corrected chi connectivity index (χ2v) is 4.66. The minimum absolute atomic E-state index is 0.0872. The smallest absolute Gasteiger partial charge is 0.263 e. The Hall–Kier alpha value is -1.37. The summed E-state index contributed by atoms with van der Waals surface area (Å²) in [6.07, 6.45) is 4.70. The molecular formula is C12H19N3O3. The monoisotopic (exact) mass is 253 g/mol. The van der Waals surface area contributed by atoms with Gasteiger partial charge in [0.2, 0.25) is 0 Å². The highest BCUT2D eigenvalue weighted by Gasteiger charge is 2.30. The Labute approximate surface area is 106 Å². The molecule has 3 N–H and O–H groups in total. The third-order valence-corrected chi connectivity index (χ3v) is 3.09. The van der Waals surface area contributed by atoms with Crippen LogP contribution in [0.2, 0.25) is 0 Å². The first-order chi connectivity index (χ1) is 8.69. The molecule has 2 heterocycles. The lowest BCUT2D eigenvalue weighted by atomic mass is 10.2. The van der Waals surface area contributed by atoms with Gasteiger partial charge < -0.3 is 9.15 Å². The van der Waals surface area contributed by atoms with Crippen molar-refractivity contribution >= 4 is 5.91 Å². The van der Waals surface area contributed by atoms with Gasteiger partial charge in [-0.2, -0.15) is 0 Å². The van der Waals surface area contributed by atoms with E-state index in [9.17, 15) is 4.79 Å². The predicted molar refractivity (Wildman–Crippen MR) is 65.3 cm³/mol. The molecule has 0 aromatic carbocycles. The van der Waals surface area contributed by atoms with E-state index in [1.54, 1.807) is 12.5 Å². The zero-order valence-corrected chi connectivity index (χ0v) is 10.5. The highest BCUT2D eigenvalue weighted by atomic mass is 16.5. The average molecular weight is 253 g/mol. The van der Waals surface area contributed by atoms with Crippen LogP contribution in [-0.4, -0.2) is 36.6 Å². The van der Waals surface area contributed by atoms with Crippen molar-refractivity contribution in [2.24, 2.45) is 5.84 Å². The van der Waals surface area contributed by atoms with Crippen molar-refractivity contribution in [3.8, 4) is 0 Å². The molecule has 1 aromatic rings. The van der Waals surface area contributed by atoms with Crippen molar-refractivity contribution in [2.75, 3.05) is 13.6 Å². The number of rotatable bonds is 5. The molecule has 6 nitrogen and oxygen atoms in total. The first-order valence-corrected chi connectivity index (χ1v) is 6.04. The van der Waals surface area contributed by atoms with Crippen LogP contribution in [0, 0.1) is 0 Å². The molecule has 0 bridgehead atoms. The first kappa shape index (κ1) is 13.1. The summed E-state index contributed by atoms with van der Waals surface area (Å²) >= 11 is 0. The minimum atomic E-state index is -0.401. The second kappa shape index (κ2) is 5.99. The summed E-state index contributed by atoms with van der Waals surface area (Å²) < 4.78 is 10.7. The van der Waals surface area contributed by atoms with Gasteiger partial charge in [0.05, 0.1) is 18.6 Å². The van der Waals surface area contributed by atoms with E-state index in [1.807, 2.05) is 13.1 Å². The van der Waals surface area contributed by atoms with E-state index in [4.69, 9.17) is 15.0 Å². The van der Waals surface area contributed by atoms with Gasteiger partial charge in [-0.05, 0) is 26.0 Å². The zero-order chi connectivity index (χ0) is 13.0. The van der Waals surface area contributed by atoms with E-state index >= 15 is 0 Å².